The molecule has 0 spiro atoms. The van der Waals surface area contributed by atoms with Gasteiger partial charge in [-0.15, -0.1) is 0 Å². The van der Waals surface area contributed by atoms with E-state index >= 15 is 0 Å². The molecule has 0 amide bonds. The Kier molecular flexibility index (Phi) is 6.85. The first-order chi connectivity index (χ1) is 14.7. The van der Waals surface area contributed by atoms with Crippen LogP contribution in [0.4, 0.5) is 52.7 Å². The Bertz CT molecular complexity index is 884. The Hall–Kier alpha value is -2.05. The highest BCUT2D eigenvalue weighted by atomic mass is 31.1. The topological polar surface area (TPSA) is 40.5 Å². The van der Waals surface area contributed by atoms with Crippen molar-refractivity contribution in [3.8, 4) is 0 Å². The monoisotopic (exact) mass is 518 g/mol. The van der Waals surface area contributed by atoms with E-state index in [1.165, 1.54) is 0 Å². The molecule has 0 aliphatic heterocycles. The first-order valence-electron chi connectivity index (χ1n) is 8.37. The van der Waals surface area contributed by atoms with E-state index in [1.807, 2.05) is 0 Å². The van der Waals surface area contributed by atoms with Gasteiger partial charge >= 0.3 is 24.7 Å². The van der Waals surface area contributed by atoms with Crippen molar-refractivity contribution in [1.82, 2.24) is 0 Å². The van der Waals surface area contributed by atoms with Crippen molar-refractivity contribution in [1.29, 1.82) is 0 Å². The molecule has 0 aromatic heterocycles. The summed E-state index contributed by atoms with van der Waals surface area (Å²) in [5.41, 5.74) is -14.6. The first kappa shape index (κ1) is 27.2. The number of rotatable bonds is 4. The summed E-state index contributed by atoms with van der Waals surface area (Å²) in [6.07, 6.45) is -25.4. The number of hydrogen-bond acceptors (Lipinski definition) is 2. The van der Waals surface area contributed by atoms with Crippen molar-refractivity contribution in [2.24, 2.45) is 0 Å². The fourth-order valence-corrected chi connectivity index (χ4v) is 4.34. The maximum Gasteiger partial charge on any atom is 0.430 e. The van der Waals surface area contributed by atoms with Crippen molar-refractivity contribution in [3.63, 3.8) is 0 Å². The zero-order valence-corrected chi connectivity index (χ0v) is 16.5. The maximum atomic E-state index is 13.3. The molecule has 0 aliphatic rings. The van der Waals surface area contributed by atoms with Gasteiger partial charge in [0.25, 0.3) is 11.2 Å². The maximum absolute atomic E-state index is 13.3. The van der Waals surface area contributed by atoms with Gasteiger partial charge in [0.2, 0.25) is 0 Å². The van der Waals surface area contributed by atoms with Crippen LogP contribution in [-0.4, -0.2) is 34.9 Å². The fourth-order valence-electron chi connectivity index (χ4n) is 2.89. The third-order valence-electron chi connectivity index (χ3n) is 4.54. The lowest BCUT2D eigenvalue weighted by Crippen LogP contribution is -2.56. The van der Waals surface area contributed by atoms with E-state index < -0.39 is 66.2 Å². The summed E-state index contributed by atoms with van der Waals surface area (Å²) in [6, 6.07) is 4.64. The molecule has 184 valence electrons. The Balaban J connectivity index is 2.78. The summed E-state index contributed by atoms with van der Waals surface area (Å²) in [7, 11) is -1.68. The summed E-state index contributed by atoms with van der Waals surface area (Å²) in [5.74, 6) is 0. The predicted octanol–water partition coefficient (Wildman–Crippen LogP) is 4.94. The second-order valence-corrected chi connectivity index (χ2v) is 7.96. The molecule has 0 heterocycles. The average Bonchev–Trinajstić information content (AvgIpc) is 2.64. The van der Waals surface area contributed by atoms with Gasteiger partial charge in [0.15, 0.2) is 0 Å². The highest BCUT2D eigenvalue weighted by Crippen LogP contribution is 2.52. The number of benzene rings is 2. The third kappa shape index (κ3) is 4.52. The number of halogens is 12. The van der Waals surface area contributed by atoms with E-state index in [4.69, 9.17) is 0 Å². The summed E-state index contributed by atoms with van der Waals surface area (Å²) >= 11 is 0. The highest BCUT2D eigenvalue weighted by molar-refractivity contribution is 7.55. The molecule has 2 aromatic rings. The smallest absolute Gasteiger partial charge is 0.369 e. The summed E-state index contributed by atoms with van der Waals surface area (Å²) in [4.78, 5) is 0. The van der Waals surface area contributed by atoms with Crippen molar-refractivity contribution in [2.45, 2.75) is 35.9 Å². The van der Waals surface area contributed by atoms with Crippen molar-refractivity contribution in [2.75, 3.05) is 0 Å². The summed E-state index contributed by atoms with van der Waals surface area (Å²) in [6.45, 7) is 0. The van der Waals surface area contributed by atoms with Gasteiger partial charge in [-0.2, -0.15) is 52.7 Å². The molecule has 33 heavy (non-hydrogen) atoms. The van der Waals surface area contributed by atoms with Gasteiger partial charge in [0, 0.05) is 11.1 Å². The van der Waals surface area contributed by atoms with E-state index in [1.54, 1.807) is 0 Å². The van der Waals surface area contributed by atoms with E-state index in [9.17, 15) is 62.9 Å². The molecular weight excluding hydrogens is 507 g/mol. The van der Waals surface area contributed by atoms with Gasteiger partial charge in [-0.05, 0) is 10.6 Å². The second kappa shape index (κ2) is 8.31. The normalized spacial score (nSPS) is 14.5. The van der Waals surface area contributed by atoms with Crippen LogP contribution < -0.4 is 10.6 Å². The van der Waals surface area contributed by atoms with E-state index in [2.05, 4.69) is 0 Å². The molecule has 0 saturated heterocycles. The molecule has 0 bridgehead atoms. The van der Waals surface area contributed by atoms with Gasteiger partial charge in [-0.1, -0.05) is 57.1 Å². The van der Waals surface area contributed by atoms with Crippen LogP contribution in [0.1, 0.15) is 11.1 Å². The molecule has 2 nitrogen and oxygen atoms in total. The van der Waals surface area contributed by atoms with E-state index in [0.29, 0.717) is 24.3 Å². The van der Waals surface area contributed by atoms with Crippen LogP contribution in [0.5, 0.6) is 0 Å². The SMILES string of the molecule is OC(c1ccccc1Pc1ccccc1C(O)(C(F)(F)F)C(F)(F)F)(C(F)(F)F)C(F)(F)F. The standard InChI is InChI=1S/C18H11F12O2P/c19-15(20,21)13(31,16(22,23)24)9-5-1-3-7-11(9)33-12-8-4-2-6-10(12)14(32,17(25,26)27)18(28,29)30/h1-8,31-33H. The summed E-state index contributed by atoms with van der Waals surface area (Å²) in [5, 5.41) is 17.2. The average molecular weight is 518 g/mol. The molecule has 0 atom stereocenters. The van der Waals surface area contributed by atoms with Crippen molar-refractivity contribution in [3.05, 3.63) is 59.7 Å². The third-order valence-corrected chi connectivity index (χ3v) is 5.95. The lowest BCUT2D eigenvalue weighted by Gasteiger charge is -2.35. The van der Waals surface area contributed by atoms with Crippen molar-refractivity contribution >= 4 is 19.2 Å². The number of hydrogen-bond donors (Lipinski definition) is 2. The summed E-state index contributed by atoms with van der Waals surface area (Å²) < 4.78 is 159. The van der Waals surface area contributed by atoms with Crippen LogP contribution >= 0.6 is 8.58 Å². The quantitative estimate of drug-likeness (QED) is 0.445. The molecule has 0 saturated carbocycles. The van der Waals surface area contributed by atoms with Crippen LogP contribution in [0.25, 0.3) is 0 Å². The van der Waals surface area contributed by atoms with Crippen LogP contribution in [0.2, 0.25) is 0 Å². The Morgan fingerprint density at radius 2 is 0.697 bits per heavy atom. The van der Waals surface area contributed by atoms with Gasteiger partial charge in [-0.25, -0.2) is 0 Å². The minimum Gasteiger partial charge on any atom is -0.369 e. The largest absolute Gasteiger partial charge is 0.430 e. The van der Waals surface area contributed by atoms with Crippen LogP contribution in [0.15, 0.2) is 48.5 Å². The molecule has 2 N–H and O–H groups in total. The second-order valence-electron chi connectivity index (χ2n) is 6.63. The zero-order valence-electron chi connectivity index (χ0n) is 15.5. The molecule has 0 fully saturated rings. The molecule has 2 rings (SSSR count). The van der Waals surface area contributed by atoms with Gasteiger partial charge < -0.3 is 10.2 Å². The lowest BCUT2D eigenvalue weighted by molar-refractivity contribution is -0.376. The predicted molar refractivity (Wildman–Crippen MR) is 92.5 cm³/mol. The lowest BCUT2D eigenvalue weighted by atomic mass is 9.92. The number of alkyl halides is 12. The zero-order chi connectivity index (χ0) is 25.7. The fraction of sp³-hybridized carbons (Fsp3) is 0.333. The molecule has 2 aromatic carbocycles. The molecule has 0 aliphatic carbocycles. The molecular formula is C18H11F12O2P. The van der Waals surface area contributed by atoms with Crippen LogP contribution in [0.3, 0.4) is 0 Å². The van der Waals surface area contributed by atoms with E-state index in [0.717, 1.165) is 12.1 Å². The Labute approximate surface area is 178 Å². The Morgan fingerprint density at radius 1 is 0.455 bits per heavy atom. The molecule has 0 unspecified atom stereocenters. The number of aliphatic hydroxyl groups is 2. The van der Waals surface area contributed by atoms with Gasteiger partial charge in [0.1, 0.15) is 0 Å². The Morgan fingerprint density at radius 3 is 0.939 bits per heavy atom. The first-order valence-corrected chi connectivity index (χ1v) is 9.37. The molecule has 0 radical (unpaired) electrons. The highest BCUT2D eigenvalue weighted by Gasteiger charge is 2.73. The van der Waals surface area contributed by atoms with E-state index in [-0.39, 0.29) is 12.1 Å². The van der Waals surface area contributed by atoms with Crippen molar-refractivity contribution < 1.29 is 62.9 Å². The van der Waals surface area contributed by atoms with Gasteiger partial charge in [0.05, 0.1) is 0 Å². The molecule has 15 heteroatoms. The van der Waals surface area contributed by atoms with Crippen LogP contribution in [-0.2, 0) is 11.2 Å². The van der Waals surface area contributed by atoms with Gasteiger partial charge in [-0.3, -0.25) is 0 Å². The minimum atomic E-state index is -6.34. The minimum absolute atomic E-state index is 0.200. The van der Waals surface area contributed by atoms with Crippen LogP contribution in [0, 0.1) is 0 Å².